The summed E-state index contributed by atoms with van der Waals surface area (Å²) in [4.78, 5) is 19.0. The van der Waals surface area contributed by atoms with Gasteiger partial charge in [0.25, 0.3) is 0 Å². The van der Waals surface area contributed by atoms with Gasteiger partial charge >= 0.3 is 0 Å². The van der Waals surface area contributed by atoms with Gasteiger partial charge in [-0.05, 0) is 56.3 Å². The zero-order valence-electron chi connectivity index (χ0n) is 15.5. The number of nitrogens with zero attached hydrogens (tertiary/aromatic N) is 2. The van der Waals surface area contributed by atoms with Crippen LogP contribution in [-0.2, 0) is 6.54 Å². The molecule has 0 spiro atoms. The molecule has 136 valence electrons. The largest absolute Gasteiger partial charge is 0.507 e. The summed E-state index contributed by atoms with van der Waals surface area (Å²) in [6.07, 6.45) is 7.24. The summed E-state index contributed by atoms with van der Waals surface area (Å²) in [6, 6.07) is 5.32. The number of hydrogen-bond acceptors (Lipinski definition) is 5. The second kappa shape index (κ2) is 7.70. The first-order valence-corrected chi connectivity index (χ1v) is 8.89. The van der Waals surface area contributed by atoms with Crippen molar-refractivity contribution in [1.82, 2.24) is 9.88 Å². The van der Waals surface area contributed by atoms with Gasteiger partial charge in [0.1, 0.15) is 11.5 Å². The van der Waals surface area contributed by atoms with E-state index in [0.29, 0.717) is 23.4 Å². The lowest BCUT2D eigenvalue weighted by Gasteiger charge is -2.19. The molecule has 0 aliphatic carbocycles. The highest BCUT2D eigenvalue weighted by Crippen LogP contribution is 2.42. The van der Waals surface area contributed by atoms with Crippen LogP contribution in [0.3, 0.4) is 0 Å². The van der Waals surface area contributed by atoms with Crippen molar-refractivity contribution in [3.8, 4) is 11.5 Å². The molecule has 5 heteroatoms. The zero-order valence-corrected chi connectivity index (χ0v) is 15.5. The molecule has 1 aliphatic rings. The van der Waals surface area contributed by atoms with Crippen molar-refractivity contribution in [2.45, 2.75) is 33.2 Å². The number of allylic oxidation sites excluding steroid dienone is 1. The van der Waals surface area contributed by atoms with Crippen LogP contribution in [0.1, 0.15) is 46.8 Å². The van der Waals surface area contributed by atoms with Gasteiger partial charge in [0.15, 0.2) is 5.76 Å². The molecule has 0 fully saturated rings. The minimum Gasteiger partial charge on any atom is -0.507 e. The molecule has 2 heterocycles. The smallest absolute Gasteiger partial charge is 0.232 e. The number of aromatic nitrogens is 1. The number of ether oxygens (including phenoxy) is 1. The fraction of sp³-hybridized carbons (Fsp3) is 0.333. The lowest BCUT2D eigenvalue weighted by molar-refractivity contribution is 0.101. The van der Waals surface area contributed by atoms with Gasteiger partial charge in [0.2, 0.25) is 5.78 Å². The predicted octanol–water partition coefficient (Wildman–Crippen LogP) is 3.94. The van der Waals surface area contributed by atoms with Crippen LogP contribution < -0.4 is 4.74 Å². The summed E-state index contributed by atoms with van der Waals surface area (Å²) in [6.45, 7) is 5.41. The van der Waals surface area contributed by atoms with E-state index < -0.39 is 0 Å². The fourth-order valence-corrected chi connectivity index (χ4v) is 3.12. The van der Waals surface area contributed by atoms with Crippen molar-refractivity contribution in [2.75, 3.05) is 13.6 Å². The first-order chi connectivity index (χ1) is 12.5. The molecular formula is C21H24N2O3. The Bertz CT molecular complexity index is 844. The Labute approximate surface area is 153 Å². The highest BCUT2D eigenvalue weighted by Gasteiger charge is 2.33. The van der Waals surface area contributed by atoms with Crippen LogP contribution in [0.15, 0.2) is 36.4 Å². The Morgan fingerprint density at radius 3 is 2.88 bits per heavy atom. The van der Waals surface area contributed by atoms with E-state index in [1.165, 1.54) is 0 Å². The molecule has 26 heavy (non-hydrogen) atoms. The molecule has 3 rings (SSSR count). The second-order valence-electron chi connectivity index (χ2n) is 6.71. The summed E-state index contributed by atoms with van der Waals surface area (Å²) in [5.74, 6) is 0.754. The third kappa shape index (κ3) is 3.63. The number of rotatable bonds is 6. The monoisotopic (exact) mass is 352 g/mol. The third-order valence-corrected chi connectivity index (χ3v) is 4.52. The van der Waals surface area contributed by atoms with Crippen LogP contribution >= 0.6 is 0 Å². The zero-order chi connectivity index (χ0) is 18.7. The van der Waals surface area contributed by atoms with E-state index >= 15 is 0 Å². The Morgan fingerprint density at radius 2 is 2.19 bits per heavy atom. The maximum Gasteiger partial charge on any atom is 0.232 e. The van der Waals surface area contributed by atoms with E-state index in [0.717, 1.165) is 30.5 Å². The normalized spacial score (nSPS) is 14.8. The molecule has 1 N–H and O–H groups in total. The van der Waals surface area contributed by atoms with Crippen LogP contribution in [0.25, 0.3) is 6.08 Å². The van der Waals surface area contributed by atoms with Crippen LogP contribution in [0, 0.1) is 6.92 Å². The summed E-state index contributed by atoms with van der Waals surface area (Å²) in [5.41, 5.74) is 2.72. The van der Waals surface area contributed by atoms with Crippen molar-refractivity contribution in [3.63, 3.8) is 0 Å². The number of Topliss-reactive ketones (excluding diaryl/α,β-unsaturated/α-hetero) is 1. The number of phenols is 1. The number of phenolic OH excluding ortho intramolecular Hbond substituents is 1. The topological polar surface area (TPSA) is 62.7 Å². The minimum absolute atomic E-state index is 0.154. The van der Waals surface area contributed by atoms with Gasteiger partial charge in [0, 0.05) is 18.9 Å². The van der Waals surface area contributed by atoms with Gasteiger partial charge in [0.05, 0.1) is 11.1 Å². The van der Waals surface area contributed by atoms with Crippen LogP contribution in [-0.4, -0.2) is 34.4 Å². The van der Waals surface area contributed by atoms with Gasteiger partial charge < -0.3 is 14.7 Å². The molecule has 0 unspecified atom stereocenters. The maximum absolute atomic E-state index is 12.8. The van der Waals surface area contributed by atoms with Gasteiger partial charge in [-0.1, -0.05) is 19.4 Å². The molecule has 0 atom stereocenters. The van der Waals surface area contributed by atoms with Gasteiger partial charge in [-0.2, -0.15) is 0 Å². The molecule has 0 saturated heterocycles. The molecule has 5 nitrogen and oxygen atoms in total. The number of benzene rings is 1. The standard InChI is InChI=1S/C21H24N2O3/c1-4-5-9-23(3)13-16-17(24)10-14(2)19-20(25)18(26-21(16)19)11-15-7-6-8-22-12-15/h6-8,10-12,24H,4-5,9,13H2,1-3H3/b18-11-. The molecular weight excluding hydrogens is 328 g/mol. The molecule has 0 amide bonds. The molecule has 1 aromatic heterocycles. The summed E-state index contributed by atoms with van der Waals surface area (Å²) < 4.78 is 5.92. The number of carbonyl (C=O) groups is 1. The number of aryl methyl sites for hydroxylation is 1. The number of aromatic hydroxyl groups is 1. The van der Waals surface area contributed by atoms with Crippen molar-refractivity contribution in [2.24, 2.45) is 0 Å². The molecule has 0 saturated carbocycles. The Morgan fingerprint density at radius 1 is 1.38 bits per heavy atom. The average Bonchev–Trinajstić information content (AvgIpc) is 2.94. The highest BCUT2D eigenvalue weighted by atomic mass is 16.5. The van der Waals surface area contributed by atoms with E-state index in [1.54, 1.807) is 24.5 Å². The van der Waals surface area contributed by atoms with Crippen molar-refractivity contribution < 1.29 is 14.6 Å². The fourth-order valence-electron chi connectivity index (χ4n) is 3.12. The van der Waals surface area contributed by atoms with E-state index in [9.17, 15) is 9.90 Å². The maximum atomic E-state index is 12.8. The van der Waals surface area contributed by atoms with E-state index in [4.69, 9.17) is 4.74 Å². The van der Waals surface area contributed by atoms with Crippen molar-refractivity contribution in [1.29, 1.82) is 0 Å². The first-order valence-electron chi connectivity index (χ1n) is 8.89. The highest BCUT2D eigenvalue weighted by molar-refractivity contribution is 6.15. The number of unbranched alkanes of at least 4 members (excludes halogenated alkanes) is 1. The van der Waals surface area contributed by atoms with Gasteiger partial charge in [-0.3, -0.25) is 9.78 Å². The number of pyridine rings is 1. The summed E-state index contributed by atoms with van der Waals surface area (Å²) >= 11 is 0. The van der Waals surface area contributed by atoms with Gasteiger partial charge in [-0.15, -0.1) is 0 Å². The summed E-state index contributed by atoms with van der Waals surface area (Å²) in [5, 5.41) is 10.4. The van der Waals surface area contributed by atoms with Crippen LogP contribution in [0.4, 0.5) is 0 Å². The average molecular weight is 352 g/mol. The van der Waals surface area contributed by atoms with Crippen molar-refractivity contribution in [3.05, 3.63) is 58.6 Å². The SMILES string of the molecule is CCCCN(C)Cc1c(O)cc(C)c2c1O/C(=C\c1cccnc1)C2=O. The van der Waals surface area contributed by atoms with Gasteiger partial charge in [-0.25, -0.2) is 0 Å². The number of ketones is 1. The Hall–Kier alpha value is -2.66. The van der Waals surface area contributed by atoms with Crippen molar-refractivity contribution >= 4 is 11.9 Å². The third-order valence-electron chi connectivity index (χ3n) is 4.52. The Balaban J connectivity index is 1.96. The quantitative estimate of drug-likeness (QED) is 0.798. The molecule has 0 bridgehead atoms. The molecule has 2 aromatic rings. The lowest BCUT2D eigenvalue weighted by Crippen LogP contribution is -2.19. The number of carbonyl (C=O) groups excluding carboxylic acids is 1. The number of fused-ring (bicyclic) bond motifs is 1. The van der Waals surface area contributed by atoms with Crippen LogP contribution in [0.5, 0.6) is 11.5 Å². The minimum atomic E-state index is -0.154. The summed E-state index contributed by atoms with van der Waals surface area (Å²) in [7, 11) is 2.00. The lowest BCUT2D eigenvalue weighted by atomic mass is 9.99. The predicted molar refractivity (Wildman–Crippen MR) is 101 cm³/mol. The second-order valence-corrected chi connectivity index (χ2v) is 6.71. The first kappa shape index (κ1) is 18.1. The Kier molecular flexibility index (Phi) is 5.38. The molecule has 1 aliphatic heterocycles. The molecule has 0 radical (unpaired) electrons. The van der Waals surface area contributed by atoms with E-state index in [-0.39, 0.29) is 17.3 Å². The van der Waals surface area contributed by atoms with E-state index in [1.807, 2.05) is 26.1 Å². The molecule has 1 aromatic carbocycles. The number of hydrogen-bond donors (Lipinski definition) is 1. The van der Waals surface area contributed by atoms with E-state index in [2.05, 4.69) is 16.8 Å². The van der Waals surface area contributed by atoms with Crippen LogP contribution in [0.2, 0.25) is 0 Å².